The molecule has 33 heavy (non-hydrogen) atoms. The third kappa shape index (κ3) is 14.8. The largest absolute Gasteiger partial charge is 0.426 e. The first-order valence-electron chi connectivity index (χ1n) is 13.4. The van der Waals surface area contributed by atoms with Crippen molar-refractivity contribution in [2.24, 2.45) is 11.8 Å². The first kappa shape index (κ1) is 29.2. The van der Waals surface area contributed by atoms with Crippen LogP contribution in [0.1, 0.15) is 123 Å². The van der Waals surface area contributed by atoms with Crippen LogP contribution in [0.2, 0.25) is 0 Å². The van der Waals surface area contributed by atoms with E-state index in [1.54, 1.807) is 6.07 Å². The zero-order valence-electron chi connectivity index (χ0n) is 21.9. The number of ether oxygens (including phenoxy) is 2. The van der Waals surface area contributed by atoms with Crippen molar-refractivity contribution in [1.29, 1.82) is 0 Å². The molecule has 1 aromatic rings. The standard InChI is InChI=1S/C29H48O4/c1-6-8-10-12-14-23(3)16-18-28(30)32-26-20-25(5)21-27(22-26)33-29(31)19-17-24(4)15-13-11-9-7-2/h20-24H,6-19H2,1-5H3. The van der Waals surface area contributed by atoms with Crippen molar-refractivity contribution >= 4 is 11.9 Å². The summed E-state index contributed by atoms with van der Waals surface area (Å²) in [4.78, 5) is 24.6. The van der Waals surface area contributed by atoms with Crippen LogP contribution in [-0.4, -0.2) is 11.9 Å². The number of unbranched alkanes of at least 4 members (excludes halogenated alkanes) is 6. The van der Waals surface area contributed by atoms with E-state index >= 15 is 0 Å². The molecular weight excluding hydrogens is 412 g/mol. The molecule has 0 aliphatic carbocycles. The summed E-state index contributed by atoms with van der Waals surface area (Å²) in [5, 5.41) is 0. The third-order valence-electron chi connectivity index (χ3n) is 6.27. The highest BCUT2D eigenvalue weighted by Gasteiger charge is 2.13. The summed E-state index contributed by atoms with van der Waals surface area (Å²) in [6.45, 7) is 10.7. The Morgan fingerprint density at radius 1 is 0.667 bits per heavy atom. The van der Waals surface area contributed by atoms with Crippen molar-refractivity contribution < 1.29 is 19.1 Å². The van der Waals surface area contributed by atoms with Gasteiger partial charge >= 0.3 is 11.9 Å². The number of aryl methyl sites for hydroxylation is 1. The van der Waals surface area contributed by atoms with Gasteiger partial charge in [-0.25, -0.2) is 0 Å². The number of hydrogen-bond donors (Lipinski definition) is 0. The fourth-order valence-electron chi connectivity index (χ4n) is 4.05. The predicted molar refractivity (Wildman–Crippen MR) is 137 cm³/mol. The molecule has 2 unspecified atom stereocenters. The molecule has 0 aliphatic heterocycles. The Morgan fingerprint density at radius 3 is 1.48 bits per heavy atom. The molecule has 0 saturated heterocycles. The quantitative estimate of drug-likeness (QED) is 0.125. The molecule has 0 N–H and O–H groups in total. The Hall–Kier alpha value is -1.84. The van der Waals surface area contributed by atoms with E-state index in [-0.39, 0.29) is 11.9 Å². The monoisotopic (exact) mass is 460 g/mol. The second-order valence-electron chi connectivity index (χ2n) is 9.92. The maximum atomic E-state index is 12.3. The molecule has 1 aromatic carbocycles. The molecular formula is C29H48O4. The molecule has 0 aromatic heterocycles. The summed E-state index contributed by atoms with van der Waals surface area (Å²) >= 11 is 0. The molecule has 4 nitrogen and oxygen atoms in total. The van der Waals surface area contributed by atoms with Gasteiger partial charge in [0.25, 0.3) is 0 Å². The molecule has 0 radical (unpaired) electrons. The topological polar surface area (TPSA) is 52.6 Å². The maximum Gasteiger partial charge on any atom is 0.311 e. The van der Waals surface area contributed by atoms with Crippen LogP contribution in [0.5, 0.6) is 11.5 Å². The fraction of sp³-hybridized carbons (Fsp3) is 0.724. The van der Waals surface area contributed by atoms with Gasteiger partial charge in [-0.3, -0.25) is 9.59 Å². The molecule has 4 heteroatoms. The number of benzene rings is 1. The summed E-state index contributed by atoms with van der Waals surface area (Å²) in [5.74, 6) is 1.49. The van der Waals surface area contributed by atoms with Crippen molar-refractivity contribution in [3.63, 3.8) is 0 Å². The average Bonchev–Trinajstić information content (AvgIpc) is 2.76. The van der Waals surface area contributed by atoms with E-state index in [1.165, 1.54) is 51.4 Å². The van der Waals surface area contributed by atoms with Crippen LogP contribution in [0, 0.1) is 18.8 Å². The van der Waals surface area contributed by atoms with E-state index in [2.05, 4.69) is 27.7 Å². The van der Waals surface area contributed by atoms with Gasteiger partial charge in [0.15, 0.2) is 0 Å². The van der Waals surface area contributed by atoms with Gasteiger partial charge in [-0.05, 0) is 49.3 Å². The Balaban J connectivity index is 2.41. The molecule has 188 valence electrons. The summed E-state index contributed by atoms with van der Waals surface area (Å²) in [5.41, 5.74) is 0.900. The van der Waals surface area contributed by atoms with Crippen molar-refractivity contribution in [3.8, 4) is 11.5 Å². The van der Waals surface area contributed by atoms with E-state index in [0.717, 1.165) is 31.2 Å². The molecule has 0 bridgehead atoms. The molecule has 0 heterocycles. The zero-order valence-corrected chi connectivity index (χ0v) is 21.9. The van der Waals surface area contributed by atoms with Crippen LogP contribution in [0.15, 0.2) is 18.2 Å². The molecule has 0 spiro atoms. The Bertz CT molecular complexity index is 628. The molecule has 0 saturated carbocycles. The van der Waals surface area contributed by atoms with Gasteiger partial charge in [0.2, 0.25) is 0 Å². The van der Waals surface area contributed by atoms with E-state index < -0.39 is 0 Å². The summed E-state index contributed by atoms with van der Waals surface area (Å²) in [6.07, 6.45) is 14.9. The van der Waals surface area contributed by atoms with Crippen molar-refractivity contribution in [2.45, 2.75) is 125 Å². The Morgan fingerprint density at radius 2 is 1.09 bits per heavy atom. The van der Waals surface area contributed by atoms with Gasteiger partial charge in [-0.2, -0.15) is 0 Å². The highest BCUT2D eigenvalue weighted by atomic mass is 16.5. The highest BCUT2D eigenvalue weighted by Crippen LogP contribution is 2.25. The van der Waals surface area contributed by atoms with Crippen LogP contribution < -0.4 is 9.47 Å². The highest BCUT2D eigenvalue weighted by molar-refractivity contribution is 5.74. The first-order valence-corrected chi connectivity index (χ1v) is 13.4. The van der Waals surface area contributed by atoms with E-state index in [0.29, 0.717) is 36.2 Å². The predicted octanol–water partition coefficient (Wildman–Crippen LogP) is 8.58. The average molecular weight is 461 g/mol. The first-order chi connectivity index (χ1) is 15.8. The number of carbonyl (C=O) groups excluding carboxylic acids is 2. The fourth-order valence-corrected chi connectivity index (χ4v) is 4.05. The molecule has 1 rings (SSSR count). The van der Waals surface area contributed by atoms with Crippen molar-refractivity contribution in [1.82, 2.24) is 0 Å². The Labute approximate surface area is 202 Å². The van der Waals surface area contributed by atoms with E-state index in [9.17, 15) is 9.59 Å². The zero-order chi connectivity index (χ0) is 24.5. The van der Waals surface area contributed by atoms with Gasteiger partial charge in [0, 0.05) is 18.9 Å². The minimum absolute atomic E-state index is 0.227. The van der Waals surface area contributed by atoms with Gasteiger partial charge < -0.3 is 9.47 Å². The van der Waals surface area contributed by atoms with Crippen LogP contribution in [0.25, 0.3) is 0 Å². The van der Waals surface area contributed by atoms with Crippen LogP contribution >= 0.6 is 0 Å². The lowest BCUT2D eigenvalue weighted by Crippen LogP contribution is -2.12. The van der Waals surface area contributed by atoms with Crippen molar-refractivity contribution in [2.75, 3.05) is 0 Å². The Kier molecular flexibility index (Phi) is 15.6. The summed E-state index contributed by atoms with van der Waals surface area (Å²) in [6, 6.07) is 5.26. The van der Waals surface area contributed by atoms with Gasteiger partial charge in [-0.1, -0.05) is 91.9 Å². The normalized spacial score (nSPS) is 12.9. The molecule has 0 amide bonds. The lowest BCUT2D eigenvalue weighted by molar-refractivity contribution is -0.135. The lowest BCUT2D eigenvalue weighted by atomic mass is 9.98. The summed E-state index contributed by atoms with van der Waals surface area (Å²) < 4.78 is 11.1. The minimum atomic E-state index is -0.227. The molecule has 0 fully saturated rings. The van der Waals surface area contributed by atoms with Gasteiger partial charge in [0.1, 0.15) is 11.5 Å². The number of rotatable bonds is 18. The van der Waals surface area contributed by atoms with E-state index in [1.807, 2.05) is 19.1 Å². The number of hydrogen-bond acceptors (Lipinski definition) is 4. The van der Waals surface area contributed by atoms with Crippen LogP contribution in [0.4, 0.5) is 0 Å². The smallest absolute Gasteiger partial charge is 0.311 e. The minimum Gasteiger partial charge on any atom is -0.426 e. The second-order valence-corrected chi connectivity index (χ2v) is 9.92. The SMILES string of the molecule is CCCCCCC(C)CCC(=O)Oc1cc(C)cc(OC(=O)CCC(C)CCCCCC)c1. The van der Waals surface area contributed by atoms with Crippen molar-refractivity contribution in [3.05, 3.63) is 23.8 Å². The number of esters is 2. The summed E-state index contributed by atoms with van der Waals surface area (Å²) in [7, 11) is 0. The van der Waals surface area contributed by atoms with E-state index in [4.69, 9.17) is 9.47 Å². The van der Waals surface area contributed by atoms with Crippen LogP contribution in [-0.2, 0) is 9.59 Å². The molecule has 2 atom stereocenters. The second kappa shape index (κ2) is 17.6. The lowest BCUT2D eigenvalue weighted by Gasteiger charge is -2.13. The third-order valence-corrected chi connectivity index (χ3v) is 6.27. The number of carbonyl (C=O) groups is 2. The van der Waals surface area contributed by atoms with Gasteiger partial charge in [-0.15, -0.1) is 0 Å². The molecule has 0 aliphatic rings. The maximum absolute atomic E-state index is 12.3. The van der Waals surface area contributed by atoms with Crippen LogP contribution in [0.3, 0.4) is 0 Å². The van der Waals surface area contributed by atoms with Gasteiger partial charge in [0.05, 0.1) is 0 Å².